The molecule has 5 nitrogen and oxygen atoms in total. The van der Waals surface area contributed by atoms with Crippen LogP contribution in [0, 0.1) is 0 Å². The second-order valence-corrected chi connectivity index (χ2v) is 8.01. The lowest BCUT2D eigenvalue weighted by molar-refractivity contribution is -0.136. The maximum atomic E-state index is 12.5. The highest BCUT2D eigenvalue weighted by Crippen LogP contribution is 2.36. The lowest BCUT2D eigenvalue weighted by atomic mass is 10.1. The molecule has 1 fully saturated rings. The minimum Gasteiger partial charge on any atom is -0.454 e. The van der Waals surface area contributed by atoms with E-state index in [2.05, 4.69) is 0 Å². The topological polar surface area (TPSA) is 53.8 Å². The molecule has 7 heteroatoms. The molecule has 2 aromatic carbocycles. The van der Waals surface area contributed by atoms with Crippen molar-refractivity contribution in [1.29, 1.82) is 0 Å². The van der Waals surface area contributed by atoms with E-state index in [1.165, 1.54) is 11.8 Å². The van der Waals surface area contributed by atoms with Gasteiger partial charge in [-0.15, -0.1) is 11.8 Å². The van der Waals surface area contributed by atoms with E-state index in [0.717, 1.165) is 21.3 Å². The van der Waals surface area contributed by atoms with E-state index in [1.54, 1.807) is 11.8 Å². The zero-order valence-corrected chi connectivity index (χ0v) is 16.5. The molecule has 0 bridgehead atoms. The molecule has 0 radical (unpaired) electrons. The Hall–Kier alpha value is -2.18. The number of fused-ring (bicyclic) bond motifs is 3. The summed E-state index contributed by atoms with van der Waals surface area (Å²) in [4.78, 5) is 28.4. The Morgan fingerprint density at radius 1 is 1.07 bits per heavy atom. The Morgan fingerprint density at radius 3 is 2.52 bits per heavy atom. The number of hydrogen-bond acceptors (Lipinski definition) is 4. The summed E-state index contributed by atoms with van der Waals surface area (Å²) in [6.07, 6.45) is 0. The summed E-state index contributed by atoms with van der Waals surface area (Å²) in [7, 11) is 0. The molecular weight excluding hydrogens is 384 g/mol. The van der Waals surface area contributed by atoms with Crippen LogP contribution in [0.5, 0.6) is 0 Å². The van der Waals surface area contributed by atoms with Gasteiger partial charge >= 0.3 is 0 Å². The molecular formula is C20H19ClN2O3S. The first kappa shape index (κ1) is 18.2. The number of piperazine rings is 1. The highest BCUT2D eigenvalue weighted by atomic mass is 35.5. The van der Waals surface area contributed by atoms with Gasteiger partial charge in [0.15, 0.2) is 5.58 Å². The molecule has 2 heterocycles. The number of para-hydroxylation sites is 1. The molecule has 1 aliphatic rings. The van der Waals surface area contributed by atoms with Crippen molar-refractivity contribution in [3.63, 3.8) is 0 Å². The van der Waals surface area contributed by atoms with Crippen LogP contribution in [0.3, 0.4) is 0 Å². The summed E-state index contributed by atoms with van der Waals surface area (Å²) in [6, 6.07) is 11.7. The van der Waals surface area contributed by atoms with Crippen molar-refractivity contribution in [2.45, 2.75) is 11.8 Å². The number of furan rings is 1. The SMILES string of the molecule is CC(=O)N1CCN(C(=O)CSc2cc(Cl)c3oc4ccccc4c3c2)CC1. The van der Waals surface area contributed by atoms with Crippen LogP contribution in [0.4, 0.5) is 0 Å². The second-order valence-electron chi connectivity index (χ2n) is 6.56. The van der Waals surface area contributed by atoms with E-state index in [1.807, 2.05) is 41.3 Å². The lowest BCUT2D eigenvalue weighted by Gasteiger charge is -2.34. The Morgan fingerprint density at radius 2 is 1.78 bits per heavy atom. The first-order valence-corrected chi connectivity index (χ1v) is 10.2. The van der Waals surface area contributed by atoms with Crippen molar-refractivity contribution < 1.29 is 14.0 Å². The molecule has 1 aromatic heterocycles. The van der Waals surface area contributed by atoms with Crippen LogP contribution in [0.2, 0.25) is 5.02 Å². The van der Waals surface area contributed by atoms with Gasteiger partial charge in [-0.3, -0.25) is 9.59 Å². The molecule has 0 spiro atoms. The van der Waals surface area contributed by atoms with Crippen LogP contribution in [-0.4, -0.2) is 53.5 Å². The van der Waals surface area contributed by atoms with Crippen molar-refractivity contribution in [3.8, 4) is 0 Å². The fourth-order valence-electron chi connectivity index (χ4n) is 3.35. The molecule has 0 unspecified atom stereocenters. The van der Waals surface area contributed by atoms with Gasteiger partial charge in [-0.05, 0) is 18.2 Å². The van der Waals surface area contributed by atoms with Crippen LogP contribution in [0.1, 0.15) is 6.92 Å². The van der Waals surface area contributed by atoms with Crippen molar-refractivity contribution in [3.05, 3.63) is 41.4 Å². The number of benzene rings is 2. The van der Waals surface area contributed by atoms with Gasteiger partial charge < -0.3 is 14.2 Å². The van der Waals surface area contributed by atoms with Crippen LogP contribution in [0.15, 0.2) is 45.7 Å². The molecule has 1 aliphatic heterocycles. The monoisotopic (exact) mass is 402 g/mol. The Kier molecular flexibility index (Phi) is 5.02. The number of nitrogens with zero attached hydrogens (tertiary/aromatic N) is 2. The standard InChI is InChI=1S/C20H19ClN2O3S/c1-13(24)22-6-8-23(9-7-22)19(25)12-27-14-10-16-15-4-2-3-5-18(15)26-20(16)17(21)11-14/h2-5,10-11H,6-9,12H2,1H3. The third kappa shape index (κ3) is 3.64. The fraction of sp³-hybridized carbons (Fsp3) is 0.300. The van der Waals surface area contributed by atoms with Crippen molar-refractivity contribution in [1.82, 2.24) is 9.80 Å². The molecule has 4 rings (SSSR count). The third-order valence-corrected chi connectivity index (χ3v) is 6.09. The number of rotatable bonds is 3. The van der Waals surface area contributed by atoms with Crippen molar-refractivity contribution in [2.75, 3.05) is 31.9 Å². The zero-order chi connectivity index (χ0) is 19.0. The molecule has 1 saturated heterocycles. The van der Waals surface area contributed by atoms with Crippen molar-refractivity contribution >= 4 is 57.1 Å². The average Bonchev–Trinajstić information content (AvgIpc) is 3.05. The van der Waals surface area contributed by atoms with Crippen molar-refractivity contribution in [2.24, 2.45) is 0 Å². The van der Waals surface area contributed by atoms with E-state index in [-0.39, 0.29) is 11.8 Å². The number of carbonyl (C=O) groups excluding carboxylic acids is 2. The minimum atomic E-state index is 0.0618. The quantitative estimate of drug-likeness (QED) is 0.621. The van der Waals surface area contributed by atoms with Crippen LogP contribution in [0.25, 0.3) is 21.9 Å². The zero-order valence-electron chi connectivity index (χ0n) is 14.9. The normalized spacial score (nSPS) is 14.9. The number of halogens is 1. The summed E-state index contributed by atoms with van der Waals surface area (Å²) >= 11 is 7.88. The predicted molar refractivity (Wildman–Crippen MR) is 108 cm³/mol. The van der Waals surface area contributed by atoms with E-state index in [0.29, 0.717) is 42.5 Å². The van der Waals surface area contributed by atoms with E-state index in [4.69, 9.17) is 16.0 Å². The molecule has 140 valence electrons. The molecule has 0 aliphatic carbocycles. The highest BCUT2D eigenvalue weighted by molar-refractivity contribution is 8.00. The molecule has 0 N–H and O–H groups in total. The van der Waals surface area contributed by atoms with E-state index < -0.39 is 0 Å². The largest absolute Gasteiger partial charge is 0.454 e. The van der Waals surface area contributed by atoms with Crippen LogP contribution >= 0.6 is 23.4 Å². The van der Waals surface area contributed by atoms with Gasteiger partial charge in [-0.2, -0.15) is 0 Å². The first-order chi connectivity index (χ1) is 13.0. The highest BCUT2D eigenvalue weighted by Gasteiger charge is 2.22. The van der Waals surface area contributed by atoms with Gasteiger partial charge in [-0.1, -0.05) is 29.8 Å². The smallest absolute Gasteiger partial charge is 0.233 e. The summed E-state index contributed by atoms with van der Waals surface area (Å²) < 4.78 is 5.84. The molecule has 2 amide bonds. The van der Waals surface area contributed by atoms with E-state index in [9.17, 15) is 9.59 Å². The van der Waals surface area contributed by atoms with Gasteiger partial charge in [0, 0.05) is 48.8 Å². The summed E-state index contributed by atoms with van der Waals surface area (Å²) in [5.41, 5.74) is 1.48. The molecule has 27 heavy (non-hydrogen) atoms. The first-order valence-electron chi connectivity index (χ1n) is 8.80. The van der Waals surface area contributed by atoms with Crippen LogP contribution < -0.4 is 0 Å². The number of hydrogen-bond donors (Lipinski definition) is 0. The fourth-order valence-corrected chi connectivity index (χ4v) is 4.55. The van der Waals surface area contributed by atoms with Gasteiger partial charge in [0.2, 0.25) is 11.8 Å². The predicted octanol–water partition coefficient (Wildman–Crippen LogP) is 4.02. The summed E-state index contributed by atoms with van der Waals surface area (Å²) in [5.74, 6) is 0.487. The Labute approximate surface area is 166 Å². The van der Waals surface area contributed by atoms with Gasteiger partial charge in [0.1, 0.15) is 5.58 Å². The average molecular weight is 403 g/mol. The lowest BCUT2D eigenvalue weighted by Crippen LogP contribution is -2.50. The minimum absolute atomic E-state index is 0.0618. The van der Waals surface area contributed by atoms with Gasteiger partial charge in [0.05, 0.1) is 10.8 Å². The Balaban J connectivity index is 1.47. The maximum Gasteiger partial charge on any atom is 0.233 e. The number of amides is 2. The number of carbonyl (C=O) groups is 2. The Bertz CT molecular complexity index is 1020. The molecule has 3 aromatic rings. The second kappa shape index (κ2) is 7.44. The summed E-state index contributed by atoms with van der Waals surface area (Å²) in [5, 5.41) is 2.53. The summed E-state index contributed by atoms with van der Waals surface area (Å²) in [6.45, 7) is 3.94. The molecule has 0 saturated carbocycles. The van der Waals surface area contributed by atoms with Gasteiger partial charge in [-0.25, -0.2) is 0 Å². The maximum absolute atomic E-state index is 12.5. The molecule has 0 atom stereocenters. The number of thioether (sulfide) groups is 1. The third-order valence-electron chi connectivity index (χ3n) is 4.85. The van der Waals surface area contributed by atoms with E-state index >= 15 is 0 Å². The van der Waals surface area contributed by atoms with Crippen LogP contribution in [-0.2, 0) is 9.59 Å². The van der Waals surface area contributed by atoms with Gasteiger partial charge in [0.25, 0.3) is 0 Å².